The van der Waals surface area contributed by atoms with Crippen molar-refractivity contribution in [2.45, 2.75) is 0 Å². The summed E-state index contributed by atoms with van der Waals surface area (Å²) in [7, 11) is 0. The fourth-order valence-electron chi connectivity index (χ4n) is 1.48. The predicted octanol–water partition coefficient (Wildman–Crippen LogP) is -4.69. The van der Waals surface area contributed by atoms with Crippen molar-refractivity contribution in [3.05, 3.63) is 0 Å². The van der Waals surface area contributed by atoms with Gasteiger partial charge < -0.3 is 63.5 Å². The maximum Gasteiger partial charge on any atom is 4.00 e. The van der Waals surface area contributed by atoms with Crippen LogP contribution in [0.15, 0.2) is 0 Å². The van der Waals surface area contributed by atoms with Gasteiger partial charge in [-0.3, -0.25) is 0 Å². The molecule has 0 bridgehead atoms. The number of rotatable bonds is 10. The van der Waals surface area contributed by atoms with Crippen LogP contribution in [0.25, 0.3) is 0 Å². The molecule has 12 N–H and O–H groups in total. The monoisotopic (exact) mass is 460 g/mol. The maximum absolute atomic E-state index is 9.03. The van der Waals surface area contributed by atoms with E-state index in [1.54, 1.807) is 0 Å². The van der Waals surface area contributed by atoms with E-state index in [2.05, 4.69) is 15.0 Å². The molecular weight excluding hydrogens is 432 g/mol. The molecule has 1 aromatic rings. The Hall–Kier alpha value is -1.24. The summed E-state index contributed by atoms with van der Waals surface area (Å²) in [6.45, 7) is -3.01. The summed E-state index contributed by atoms with van der Waals surface area (Å²) in [5, 5.41) is 54.2. The molecule has 29 heavy (non-hydrogen) atoms. The van der Waals surface area contributed by atoms with Gasteiger partial charge in [-0.15, -0.1) is 0 Å². The molecular formula is C13H28N6O9Ti. The van der Waals surface area contributed by atoms with Crippen LogP contribution < -0.4 is 17.2 Å². The first-order chi connectivity index (χ1) is 12.3. The average Bonchev–Trinajstić information content (AvgIpc) is 2.62. The minimum absolute atomic E-state index is 0. The van der Waals surface area contributed by atoms with E-state index >= 15 is 0 Å². The molecule has 15 nitrogen and oxygen atoms in total. The molecule has 0 aliphatic rings. The van der Waals surface area contributed by atoms with Crippen molar-refractivity contribution >= 4 is 17.8 Å². The third kappa shape index (κ3) is 12.1. The minimum Gasteiger partial charge on any atom is -2.00 e. The summed E-state index contributed by atoms with van der Waals surface area (Å²) >= 11 is 0. The van der Waals surface area contributed by atoms with Crippen molar-refractivity contribution in [1.82, 2.24) is 15.0 Å². The molecule has 1 aromatic heterocycles. The standard InChI is InChI=1S/C10H22O7.C3H6N6.2O.Ti/c11-1-9(2-12,3-13)7-17-8-10(4-14,5-15)6-16;4-1-7-2(5)9-3(6)8-1;;;/h11-16H,1-8H2;(H6,4,5,6,7,8,9);;;/q;;2*-2;+4. The molecule has 0 spiro atoms. The Morgan fingerprint density at radius 3 is 0.966 bits per heavy atom. The van der Waals surface area contributed by atoms with Crippen molar-refractivity contribution in [3.8, 4) is 0 Å². The number of anilines is 3. The number of hydrogen-bond acceptors (Lipinski definition) is 13. The first-order valence-electron chi connectivity index (χ1n) is 7.51. The number of aromatic nitrogens is 3. The van der Waals surface area contributed by atoms with E-state index < -0.39 is 50.5 Å². The predicted molar refractivity (Wildman–Crippen MR) is 92.6 cm³/mol. The molecule has 0 unspecified atom stereocenters. The van der Waals surface area contributed by atoms with Gasteiger partial charge in [-0.2, -0.15) is 15.0 Å². The van der Waals surface area contributed by atoms with Gasteiger partial charge >= 0.3 is 21.7 Å². The number of ether oxygens (including phenoxy) is 1. The molecule has 0 saturated heterocycles. The third-order valence-corrected chi connectivity index (χ3v) is 3.52. The molecule has 0 atom stereocenters. The Morgan fingerprint density at radius 1 is 0.586 bits per heavy atom. The van der Waals surface area contributed by atoms with Gasteiger partial charge in [-0.25, -0.2) is 0 Å². The van der Waals surface area contributed by atoms with E-state index in [9.17, 15) is 0 Å². The molecule has 0 saturated carbocycles. The number of nitrogens with zero attached hydrogens (tertiary/aromatic N) is 3. The van der Waals surface area contributed by atoms with Gasteiger partial charge in [0.05, 0.1) is 63.7 Å². The van der Waals surface area contributed by atoms with E-state index in [1.807, 2.05) is 0 Å². The van der Waals surface area contributed by atoms with Gasteiger partial charge in [-0.1, -0.05) is 0 Å². The van der Waals surface area contributed by atoms with Crippen LogP contribution in [0.5, 0.6) is 0 Å². The zero-order chi connectivity index (χ0) is 20.2. The molecule has 0 aromatic carbocycles. The summed E-state index contributed by atoms with van der Waals surface area (Å²) in [5.74, 6) is 0.125. The summed E-state index contributed by atoms with van der Waals surface area (Å²) in [6.07, 6.45) is 0. The number of nitrogens with two attached hydrogens (primary N) is 3. The van der Waals surface area contributed by atoms with Crippen molar-refractivity contribution in [2.24, 2.45) is 10.8 Å². The average molecular weight is 460 g/mol. The SMILES string of the molecule is Nc1nc(N)nc(N)n1.OCC(CO)(CO)COCC(CO)(CO)CO.[O-2].[O-2].[Ti+4]. The normalized spacial score (nSPS) is 10.6. The van der Waals surface area contributed by atoms with Gasteiger partial charge in [0, 0.05) is 0 Å². The number of aliphatic hydroxyl groups is 6. The zero-order valence-electron chi connectivity index (χ0n) is 15.6. The van der Waals surface area contributed by atoms with Crippen LogP contribution in [0.3, 0.4) is 0 Å². The van der Waals surface area contributed by atoms with Gasteiger partial charge in [0.1, 0.15) is 0 Å². The number of nitrogen functional groups attached to an aromatic ring is 3. The maximum atomic E-state index is 9.03. The van der Waals surface area contributed by atoms with E-state index in [0.717, 1.165) is 0 Å². The van der Waals surface area contributed by atoms with Gasteiger partial charge in [0.2, 0.25) is 17.8 Å². The second-order valence-corrected chi connectivity index (χ2v) is 5.85. The van der Waals surface area contributed by atoms with Crippen LogP contribution >= 0.6 is 0 Å². The van der Waals surface area contributed by atoms with Crippen LogP contribution in [0.2, 0.25) is 0 Å². The fourth-order valence-corrected chi connectivity index (χ4v) is 1.48. The van der Waals surface area contributed by atoms with E-state index in [-0.39, 0.29) is 63.7 Å². The summed E-state index contributed by atoms with van der Waals surface area (Å²) in [6, 6.07) is 0. The second-order valence-electron chi connectivity index (χ2n) is 5.85. The van der Waals surface area contributed by atoms with Crippen molar-refractivity contribution < 1.29 is 68.0 Å². The third-order valence-electron chi connectivity index (χ3n) is 3.52. The van der Waals surface area contributed by atoms with E-state index in [0.29, 0.717) is 0 Å². The molecule has 0 fully saturated rings. The second kappa shape index (κ2) is 17.6. The molecule has 0 amide bonds. The van der Waals surface area contributed by atoms with Crippen LogP contribution in [0, 0.1) is 10.8 Å². The summed E-state index contributed by atoms with van der Waals surface area (Å²) in [4.78, 5) is 10.5. The van der Waals surface area contributed by atoms with E-state index in [4.69, 9.17) is 52.6 Å². The first kappa shape index (κ1) is 35.2. The van der Waals surface area contributed by atoms with Crippen LogP contribution in [0.1, 0.15) is 0 Å². The van der Waals surface area contributed by atoms with Crippen LogP contribution in [-0.2, 0) is 37.4 Å². The molecule has 16 heteroatoms. The van der Waals surface area contributed by atoms with Gasteiger partial charge in [-0.05, 0) is 0 Å². The Morgan fingerprint density at radius 2 is 0.793 bits per heavy atom. The smallest absolute Gasteiger partial charge is 2.00 e. The van der Waals surface area contributed by atoms with Crippen molar-refractivity contribution in [2.75, 3.05) is 70.1 Å². The van der Waals surface area contributed by atoms with Crippen molar-refractivity contribution in [1.29, 1.82) is 0 Å². The number of aliphatic hydroxyl groups excluding tert-OH is 6. The molecule has 1 heterocycles. The summed E-state index contributed by atoms with van der Waals surface area (Å²) in [5.41, 5.74) is 13.1. The Bertz CT molecular complexity index is 437. The zero-order valence-corrected chi connectivity index (χ0v) is 17.2. The molecule has 1 rings (SSSR count). The minimum atomic E-state index is -1.16. The van der Waals surface area contributed by atoms with Crippen LogP contribution in [-0.4, -0.2) is 98.4 Å². The first-order valence-corrected chi connectivity index (χ1v) is 7.51. The van der Waals surface area contributed by atoms with Crippen molar-refractivity contribution in [3.63, 3.8) is 0 Å². The Kier molecular flexibility index (Phi) is 21.4. The largest absolute Gasteiger partial charge is 4.00 e. The van der Waals surface area contributed by atoms with Gasteiger partial charge in [0.15, 0.2) is 0 Å². The number of hydrogen-bond donors (Lipinski definition) is 9. The van der Waals surface area contributed by atoms with E-state index in [1.165, 1.54) is 0 Å². The van der Waals surface area contributed by atoms with Crippen LogP contribution in [0.4, 0.5) is 17.8 Å². The molecule has 0 aliphatic carbocycles. The quantitative estimate of drug-likeness (QED) is 0.148. The molecule has 168 valence electrons. The fraction of sp³-hybridized carbons (Fsp3) is 0.769. The van der Waals surface area contributed by atoms with Gasteiger partial charge in [0.25, 0.3) is 0 Å². The summed E-state index contributed by atoms with van der Waals surface area (Å²) < 4.78 is 5.15. The Labute approximate surface area is 182 Å². The molecule has 0 radical (unpaired) electrons. The topological polar surface area (TPSA) is 304 Å². The Balaban J connectivity index is -0.000000223. The molecule has 0 aliphatic heterocycles.